The van der Waals surface area contributed by atoms with Crippen LogP contribution in [0.5, 0.6) is 0 Å². The van der Waals surface area contributed by atoms with Gasteiger partial charge in [0.05, 0.1) is 5.92 Å². The van der Waals surface area contributed by atoms with Gasteiger partial charge in [0.15, 0.2) is 0 Å². The van der Waals surface area contributed by atoms with Gasteiger partial charge in [-0.1, -0.05) is 19.9 Å². The van der Waals surface area contributed by atoms with Gasteiger partial charge in [-0.05, 0) is 5.92 Å². The van der Waals surface area contributed by atoms with Crippen molar-refractivity contribution in [1.82, 2.24) is 0 Å². The third-order valence-corrected chi connectivity index (χ3v) is 1.35. The first-order valence-corrected chi connectivity index (χ1v) is 3.09. The number of halogens is 3. The lowest BCUT2D eigenvalue weighted by atomic mass is 9.96. The van der Waals surface area contributed by atoms with Gasteiger partial charge in [-0.25, -0.2) is 0 Å². The van der Waals surface area contributed by atoms with Gasteiger partial charge in [0.25, 0.3) is 0 Å². The third kappa shape index (κ3) is 2.42. The summed E-state index contributed by atoms with van der Waals surface area (Å²) in [6.45, 7) is 6.18. The number of alkyl halides is 3. The van der Waals surface area contributed by atoms with Crippen LogP contribution in [0.2, 0.25) is 0 Å². The molecule has 0 aliphatic carbocycles. The van der Waals surface area contributed by atoms with Crippen LogP contribution < -0.4 is 0 Å². The summed E-state index contributed by atoms with van der Waals surface area (Å²) in [5.41, 5.74) is 0. The van der Waals surface area contributed by atoms with Gasteiger partial charge >= 0.3 is 6.18 Å². The summed E-state index contributed by atoms with van der Waals surface area (Å²) in [5, 5.41) is 0. The number of rotatable bonds is 2. The predicted molar refractivity (Wildman–Crippen MR) is 34.6 cm³/mol. The molecule has 0 fully saturated rings. The van der Waals surface area contributed by atoms with Crippen LogP contribution in [0.4, 0.5) is 13.2 Å². The molecule has 0 aliphatic heterocycles. The molecule has 0 aromatic carbocycles. The first kappa shape index (κ1) is 9.53. The van der Waals surface area contributed by atoms with Crippen molar-refractivity contribution in [3.63, 3.8) is 0 Å². The van der Waals surface area contributed by atoms with E-state index in [4.69, 9.17) is 0 Å². The fraction of sp³-hybridized carbons (Fsp3) is 0.714. The van der Waals surface area contributed by atoms with Gasteiger partial charge in [-0.15, -0.1) is 6.58 Å². The Balaban J connectivity index is 4.21. The Bertz CT molecular complexity index is 113. The average molecular weight is 152 g/mol. The Hall–Kier alpha value is -0.470. The predicted octanol–water partition coefficient (Wildman–Crippen LogP) is 3.01. The molecule has 0 spiro atoms. The third-order valence-electron chi connectivity index (χ3n) is 1.35. The maximum absolute atomic E-state index is 11.9. The smallest absolute Gasteiger partial charge is 0.170 e. The van der Waals surface area contributed by atoms with Crippen molar-refractivity contribution in [3.8, 4) is 0 Å². The van der Waals surface area contributed by atoms with E-state index in [0.717, 1.165) is 6.08 Å². The topological polar surface area (TPSA) is 0 Å². The van der Waals surface area contributed by atoms with E-state index in [1.54, 1.807) is 0 Å². The molecular formula is C7H11F3. The summed E-state index contributed by atoms with van der Waals surface area (Å²) in [7, 11) is 0. The molecule has 0 bridgehead atoms. The highest BCUT2D eigenvalue weighted by Crippen LogP contribution is 2.32. The van der Waals surface area contributed by atoms with Crippen molar-refractivity contribution < 1.29 is 13.2 Å². The summed E-state index contributed by atoms with van der Waals surface area (Å²) < 4.78 is 35.7. The second-order valence-electron chi connectivity index (χ2n) is 2.55. The van der Waals surface area contributed by atoms with E-state index < -0.39 is 18.0 Å². The fourth-order valence-electron chi connectivity index (χ4n) is 0.784. The van der Waals surface area contributed by atoms with Crippen LogP contribution in [0.15, 0.2) is 12.7 Å². The molecule has 0 N–H and O–H groups in total. The van der Waals surface area contributed by atoms with Crippen LogP contribution in [0.3, 0.4) is 0 Å². The van der Waals surface area contributed by atoms with Crippen molar-refractivity contribution in [2.24, 2.45) is 11.8 Å². The molecule has 0 aliphatic rings. The highest BCUT2D eigenvalue weighted by molar-refractivity contribution is 4.86. The molecule has 0 saturated heterocycles. The molecule has 1 atom stereocenters. The van der Waals surface area contributed by atoms with Crippen LogP contribution in [0.1, 0.15) is 13.8 Å². The van der Waals surface area contributed by atoms with Gasteiger partial charge in [-0.3, -0.25) is 0 Å². The van der Waals surface area contributed by atoms with Crippen LogP contribution in [-0.4, -0.2) is 6.18 Å². The fourth-order valence-corrected chi connectivity index (χ4v) is 0.784. The monoisotopic (exact) mass is 152 g/mol. The molecule has 0 aromatic heterocycles. The Morgan fingerprint density at radius 3 is 1.70 bits per heavy atom. The average Bonchev–Trinajstić information content (AvgIpc) is 1.60. The van der Waals surface area contributed by atoms with Gasteiger partial charge in [0.1, 0.15) is 0 Å². The zero-order valence-corrected chi connectivity index (χ0v) is 6.07. The van der Waals surface area contributed by atoms with E-state index in [2.05, 4.69) is 6.58 Å². The molecule has 0 saturated carbocycles. The molecule has 60 valence electrons. The number of allylic oxidation sites excluding steroid dienone is 1. The van der Waals surface area contributed by atoms with E-state index in [9.17, 15) is 13.2 Å². The molecule has 1 unspecified atom stereocenters. The van der Waals surface area contributed by atoms with Crippen LogP contribution in [0.25, 0.3) is 0 Å². The Labute approximate surface area is 58.7 Å². The summed E-state index contributed by atoms with van der Waals surface area (Å²) in [4.78, 5) is 0. The van der Waals surface area contributed by atoms with E-state index in [1.165, 1.54) is 13.8 Å². The van der Waals surface area contributed by atoms with Crippen molar-refractivity contribution in [2.75, 3.05) is 0 Å². The van der Waals surface area contributed by atoms with Crippen molar-refractivity contribution in [1.29, 1.82) is 0 Å². The van der Waals surface area contributed by atoms with Crippen LogP contribution in [-0.2, 0) is 0 Å². The van der Waals surface area contributed by atoms with Crippen LogP contribution in [0, 0.1) is 11.8 Å². The molecule has 10 heavy (non-hydrogen) atoms. The summed E-state index contributed by atoms with van der Waals surface area (Å²) in [5.74, 6) is -1.79. The number of hydrogen-bond acceptors (Lipinski definition) is 0. The van der Waals surface area contributed by atoms with Crippen LogP contribution >= 0.6 is 0 Å². The second-order valence-corrected chi connectivity index (χ2v) is 2.55. The standard InChI is InChI=1S/C7H11F3/c1-4-6(5(2)3)7(8,9)10/h4-6H,1H2,2-3H3. The Morgan fingerprint density at radius 1 is 1.30 bits per heavy atom. The quantitative estimate of drug-likeness (QED) is 0.533. The van der Waals surface area contributed by atoms with Gasteiger partial charge in [0.2, 0.25) is 0 Å². The van der Waals surface area contributed by atoms with Crippen molar-refractivity contribution >= 4 is 0 Å². The largest absolute Gasteiger partial charge is 0.395 e. The lowest BCUT2D eigenvalue weighted by Gasteiger charge is -2.19. The molecule has 0 nitrogen and oxygen atoms in total. The zero-order valence-electron chi connectivity index (χ0n) is 6.07. The molecule has 0 heterocycles. The second kappa shape index (κ2) is 3.08. The highest BCUT2D eigenvalue weighted by Gasteiger charge is 2.38. The molecule has 0 amide bonds. The normalized spacial score (nSPS) is 15.4. The molecule has 3 heteroatoms. The molecule has 0 aromatic rings. The van der Waals surface area contributed by atoms with Crippen molar-refractivity contribution in [2.45, 2.75) is 20.0 Å². The van der Waals surface area contributed by atoms with E-state index >= 15 is 0 Å². The molecule has 0 radical (unpaired) electrons. The first-order chi connectivity index (χ1) is 4.39. The molecule has 0 rings (SSSR count). The summed E-state index contributed by atoms with van der Waals surface area (Å²) in [6.07, 6.45) is -3.18. The van der Waals surface area contributed by atoms with Gasteiger partial charge < -0.3 is 0 Å². The summed E-state index contributed by atoms with van der Waals surface area (Å²) >= 11 is 0. The minimum absolute atomic E-state index is 0.419. The first-order valence-electron chi connectivity index (χ1n) is 3.09. The lowest BCUT2D eigenvalue weighted by Crippen LogP contribution is -2.25. The molecular weight excluding hydrogens is 141 g/mol. The Kier molecular flexibility index (Phi) is 2.94. The lowest BCUT2D eigenvalue weighted by molar-refractivity contribution is -0.170. The van der Waals surface area contributed by atoms with E-state index in [1.807, 2.05) is 0 Å². The van der Waals surface area contributed by atoms with Gasteiger partial charge in [-0.2, -0.15) is 13.2 Å². The minimum Gasteiger partial charge on any atom is -0.170 e. The zero-order chi connectivity index (χ0) is 8.36. The van der Waals surface area contributed by atoms with Gasteiger partial charge in [0, 0.05) is 0 Å². The highest BCUT2D eigenvalue weighted by atomic mass is 19.4. The number of hydrogen-bond donors (Lipinski definition) is 0. The van der Waals surface area contributed by atoms with E-state index in [0.29, 0.717) is 0 Å². The van der Waals surface area contributed by atoms with Crippen molar-refractivity contribution in [3.05, 3.63) is 12.7 Å². The summed E-state index contributed by atoms with van der Waals surface area (Å²) in [6, 6.07) is 0. The maximum atomic E-state index is 11.9. The maximum Gasteiger partial charge on any atom is 0.395 e. The minimum atomic E-state index is -4.13. The Morgan fingerprint density at radius 2 is 1.70 bits per heavy atom. The van der Waals surface area contributed by atoms with E-state index in [-0.39, 0.29) is 0 Å². The SMILES string of the molecule is C=CC(C(C)C)C(F)(F)F.